The Balaban J connectivity index is 1.55. The van der Waals surface area contributed by atoms with Crippen LogP contribution in [0.15, 0.2) is 42.5 Å². The van der Waals surface area contributed by atoms with Crippen LogP contribution in [0.2, 0.25) is 0 Å². The van der Waals surface area contributed by atoms with Crippen LogP contribution >= 0.6 is 0 Å². The largest absolute Gasteiger partial charge is 0.494 e. The molecule has 138 valence electrons. The predicted molar refractivity (Wildman–Crippen MR) is 106 cm³/mol. The summed E-state index contributed by atoms with van der Waals surface area (Å²) in [6.07, 6.45) is 0. The molecule has 0 radical (unpaired) electrons. The van der Waals surface area contributed by atoms with Gasteiger partial charge >= 0.3 is 6.03 Å². The molecule has 3 rings (SSSR count). The van der Waals surface area contributed by atoms with Crippen LogP contribution in [0.5, 0.6) is 5.75 Å². The van der Waals surface area contributed by atoms with E-state index < -0.39 is 0 Å². The molecular weight excluding hydrogens is 326 g/mol. The number of anilines is 2. The quantitative estimate of drug-likeness (QED) is 0.902. The second-order valence-electron chi connectivity index (χ2n) is 6.71. The summed E-state index contributed by atoms with van der Waals surface area (Å²) in [5, 5.41) is 3.02. The van der Waals surface area contributed by atoms with E-state index in [0.717, 1.165) is 35.7 Å². The van der Waals surface area contributed by atoms with Crippen LogP contribution < -0.4 is 15.0 Å². The number of piperazine rings is 1. The number of nitrogens with zero attached hydrogens (tertiary/aromatic N) is 2. The van der Waals surface area contributed by atoms with Crippen LogP contribution in [0, 0.1) is 13.8 Å². The molecule has 1 aliphatic heterocycles. The van der Waals surface area contributed by atoms with E-state index in [-0.39, 0.29) is 6.03 Å². The zero-order chi connectivity index (χ0) is 18.5. The second kappa shape index (κ2) is 8.13. The van der Waals surface area contributed by atoms with Gasteiger partial charge in [-0.1, -0.05) is 6.07 Å². The lowest BCUT2D eigenvalue weighted by Crippen LogP contribution is -2.50. The number of ether oxygens (including phenoxy) is 1. The fraction of sp³-hybridized carbons (Fsp3) is 0.381. The Labute approximate surface area is 155 Å². The average molecular weight is 353 g/mol. The third kappa shape index (κ3) is 4.48. The lowest BCUT2D eigenvalue weighted by molar-refractivity contribution is 0.208. The van der Waals surface area contributed by atoms with Crippen LogP contribution in [0.25, 0.3) is 0 Å². The van der Waals surface area contributed by atoms with Gasteiger partial charge in [0.15, 0.2) is 0 Å². The Bertz CT molecular complexity index is 730. The minimum absolute atomic E-state index is 0.0265. The van der Waals surface area contributed by atoms with E-state index >= 15 is 0 Å². The SMILES string of the molecule is CCOc1ccc(N2CCN(C(=O)Nc3cc(C)cc(C)c3)CC2)cc1. The molecule has 1 aliphatic rings. The summed E-state index contributed by atoms with van der Waals surface area (Å²) < 4.78 is 5.49. The Morgan fingerprint density at radius 3 is 2.19 bits per heavy atom. The molecule has 26 heavy (non-hydrogen) atoms. The van der Waals surface area contributed by atoms with Crippen LogP contribution in [0.3, 0.4) is 0 Å². The van der Waals surface area contributed by atoms with E-state index in [1.165, 1.54) is 5.69 Å². The van der Waals surface area contributed by atoms with Crippen molar-refractivity contribution in [1.29, 1.82) is 0 Å². The highest BCUT2D eigenvalue weighted by atomic mass is 16.5. The van der Waals surface area contributed by atoms with Crippen molar-refractivity contribution >= 4 is 17.4 Å². The highest BCUT2D eigenvalue weighted by Gasteiger charge is 2.21. The first kappa shape index (κ1) is 18.1. The minimum Gasteiger partial charge on any atom is -0.494 e. The number of nitrogens with one attached hydrogen (secondary N) is 1. The van der Waals surface area contributed by atoms with Gasteiger partial charge in [0.2, 0.25) is 0 Å². The Hall–Kier alpha value is -2.69. The zero-order valence-corrected chi connectivity index (χ0v) is 15.8. The molecule has 2 aromatic carbocycles. The molecule has 1 N–H and O–H groups in total. The summed E-state index contributed by atoms with van der Waals surface area (Å²) >= 11 is 0. The van der Waals surface area contributed by atoms with Crippen LogP contribution in [0.4, 0.5) is 16.2 Å². The fourth-order valence-corrected chi connectivity index (χ4v) is 3.34. The highest BCUT2D eigenvalue weighted by Crippen LogP contribution is 2.21. The average Bonchev–Trinajstić information content (AvgIpc) is 2.62. The van der Waals surface area contributed by atoms with E-state index in [4.69, 9.17) is 4.74 Å². The predicted octanol–water partition coefficient (Wildman–Crippen LogP) is 4.06. The highest BCUT2D eigenvalue weighted by molar-refractivity contribution is 5.89. The molecule has 5 nitrogen and oxygen atoms in total. The molecule has 1 saturated heterocycles. The fourth-order valence-electron chi connectivity index (χ4n) is 3.34. The van der Waals surface area contributed by atoms with Gasteiger partial charge in [-0.25, -0.2) is 4.79 Å². The first-order valence-electron chi connectivity index (χ1n) is 9.17. The lowest BCUT2D eigenvalue weighted by atomic mass is 10.1. The normalized spacial score (nSPS) is 14.3. The van der Waals surface area contributed by atoms with Crippen LogP contribution in [-0.4, -0.2) is 43.7 Å². The van der Waals surface area contributed by atoms with E-state index in [1.807, 2.05) is 49.9 Å². The summed E-state index contributed by atoms with van der Waals surface area (Å²) in [6.45, 7) is 9.82. The molecule has 0 unspecified atom stereocenters. The van der Waals surface area contributed by atoms with Crippen molar-refractivity contribution < 1.29 is 9.53 Å². The van der Waals surface area contributed by atoms with Crippen molar-refractivity contribution in [3.05, 3.63) is 53.6 Å². The van der Waals surface area contributed by atoms with Crippen molar-refractivity contribution in [1.82, 2.24) is 4.90 Å². The topological polar surface area (TPSA) is 44.8 Å². The molecule has 0 spiro atoms. The van der Waals surface area contributed by atoms with Gasteiger partial charge in [0.1, 0.15) is 5.75 Å². The Kier molecular flexibility index (Phi) is 5.66. The first-order chi connectivity index (χ1) is 12.5. The van der Waals surface area contributed by atoms with Crippen molar-refractivity contribution in [2.45, 2.75) is 20.8 Å². The van der Waals surface area contributed by atoms with Crippen LogP contribution in [0.1, 0.15) is 18.1 Å². The number of benzene rings is 2. The van der Waals surface area contributed by atoms with Gasteiger partial charge in [0.05, 0.1) is 6.61 Å². The molecule has 1 fully saturated rings. The smallest absolute Gasteiger partial charge is 0.321 e. The van der Waals surface area contributed by atoms with Gasteiger partial charge in [-0.2, -0.15) is 0 Å². The number of hydrogen-bond acceptors (Lipinski definition) is 3. The van der Waals surface area contributed by atoms with Crippen molar-refractivity contribution in [3.63, 3.8) is 0 Å². The second-order valence-corrected chi connectivity index (χ2v) is 6.71. The number of amides is 2. The molecule has 1 heterocycles. The molecule has 0 bridgehead atoms. The van der Waals surface area contributed by atoms with Gasteiger partial charge in [-0.05, 0) is 68.3 Å². The molecule has 2 amide bonds. The van der Waals surface area contributed by atoms with E-state index in [2.05, 4.69) is 28.4 Å². The number of rotatable bonds is 4. The van der Waals surface area contributed by atoms with Gasteiger partial charge in [0, 0.05) is 37.6 Å². The van der Waals surface area contributed by atoms with Crippen molar-refractivity contribution in [3.8, 4) is 5.75 Å². The van der Waals surface area contributed by atoms with E-state index in [1.54, 1.807) is 0 Å². The number of urea groups is 1. The summed E-state index contributed by atoms with van der Waals surface area (Å²) in [6, 6.07) is 14.2. The summed E-state index contributed by atoms with van der Waals surface area (Å²) in [5.41, 5.74) is 4.34. The van der Waals surface area contributed by atoms with Crippen molar-refractivity contribution in [2.24, 2.45) is 0 Å². The number of aryl methyl sites for hydroxylation is 2. The monoisotopic (exact) mass is 353 g/mol. The van der Waals surface area contributed by atoms with Gasteiger partial charge in [-0.15, -0.1) is 0 Å². The molecule has 5 heteroatoms. The number of carbonyl (C=O) groups is 1. The molecule has 0 atom stereocenters. The van der Waals surface area contributed by atoms with Gasteiger partial charge in [0.25, 0.3) is 0 Å². The Morgan fingerprint density at radius 2 is 1.62 bits per heavy atom. The van der Waals surface area contributed by atoms with Crippen molar-refractivity contribution in [2.75, 3.05) is 43.0 Å². The van der Waals surface area contributed by atoms with E-state index in [9.17, 15) is 4.79 Å². The summed E-state index contributed by atoms with van der Waals surface area (Å²) in [4.78, 5) is 16.7. The summed E-state index contributed by atoms with van der Waals surface area (Å²) in [5.74, 6) is 0.891. The molecular formula is C21H27N3O2. The van der Waals surface area contributed by atoms with Crippen LogP contribution in [-0.2, 0) is 0 Å². The maximum atomic E-state index is 12.5. The molecule has 0 saturated carbocycles. The number of carbonyl (C=O) groups excluding carboxylic acids is 1. The zero-order valence-electron chi connectivity index (χ0n) is 15.8. The molecule has 2 aromatic rings. The standard InChI is InChI=1S/C21H27N3O2/c1-4-26-20-7-5-19(6-8-20)23-9-11-24(12-10-23)21(25)22-18-14-16(2)13-17(3)15-18/h5-8,13-15H,4,9-12H2,1-3H3,(H,22,25). The Morgan fingerprint density at radius 1 is 1.00 bits per heavy atom. The lowest BCUT2D eigenvalue weighted by Gasteiger charge is -2.36. The third-order valence-electron chi connectivity index (χ3n) is 4.55. The maximum Gasteiger partial charge on any atom is 0.321 e. The van der Waals surface area contributed by atoms with Gasteiger partial charge in [-0.3, -0.25) is 0 Å². The van der Waals surface area contributed by atoms with E-state index in [0.29, 0.717) is 19.7 Å². The third-order valence-corrected chi connectivity index (χ3v) is 4.55. The number of hydrogen-bond donors (Lipinski definition) is 1. The van der Waals surface area contributed by atoms with Gasteiger partial charge < -0.3 is 19.9 Å². The molecule has 0 aliphatic carbocycles. The minimum atomic E-state index is -0.0265. The maximum absolute atomic E-state index is 12.5. The summed E-state index contributed by atoms with van der Waals surface area (Å²) in [7, 11) is 0. The first-order valence-corrected chi connectivity index (χ1v) is 9.17. The molecule has 0 aromatic heterocycles.